The molecule has 0 atom stereocenters. The number of benzene rings is 1. The number of amides is 2. The fraction of sp³-hybridized carbons (Fsp3) is 0.476. The van der Waals surface area contributed by atoms with Crippen LogP contribution in [0, 0.1) is 12.8 Å². The molecule has 2 aromatic rings. The first-order valence-corrected chi connectivity index (χ1v) is 10.0. The SMILES string of the molecule is Cc1ccc(CNC(=O)C2CCN(C(=O)c3n[nH]c4c3CNCC4)CC2)cc1. The smallest absolute Gasteiger partial charge is 0.274 e. The van der Waals surface area contributed by atoms with Crippen LogP contribution < -0.4 is 10.6 Å². The van der Waals surface area contributed by atoms with Crippen LogP contribution in [-0.4, -0.2) is 46.5 Å². The number of nitrogens with zero attached hydrogens (tertiary/aromatic N) is 2. The maximum absolute atomic E-state index is 12.9. The van der Waals surface area contributed by atoms with Crippen molar-refractivity contribution in [3.05, 3.63) is 52.3 Å². The number of piperidine rings is 1. The fourth-order valence-electron chi connectivity index (χ4n) is 3.94. The Bertz CT molecular complexity index is 850. The summed E-state index contributed by atoms with van der Waals surface area (Å²) in [5.41, 5.74) is 4.90. The second-order valence-corrected chi connectivity index (χ2v) is 7.73. The molecule has 2 amide bonds. The molecule has 148 valence electrons. The number of H-pyrrole nitrogens is 1. The number of hydrogen-bond acceptors (Lipinski definition) is 4. The van der Waals surface area contributed by atoms with Crippen molar-refractivity contribution in [2.75, 3.05) is 19.6 Å². The average Bonchev–Trinajstić information content (AvgIpc) is 3.17. The number of rotatable bonds is 4. The van der Waals surface area contributed by atoms with Gasteiger partial charge in [-0.25, -0.2) is 0 Å². The highest BCUT2D eigenvalue weighted by Crippen LogP contribution is 2.22. The molecular weight excluding hydrogens is 354 g/mol. The van der Waals surface area contributed by atoms with E-state index in [4.69, 9.17) is 0 Å². The predicted molar refractivity (Wildman–Crippen MR) is 106 cm³/mol. The molecule has 7 heteroatoms. The monoisotopic (exact) mass is 381 g/mol. The Kier molecular flexibility index (Phi) is 5.43. The Hall–Kier alpha value is -2.67. The van der Waals surface area contributed by atoms with E-state index < -0.39 is 0 Å². The lowest BCUT2D eigenvalue weighted by atomic mass is 9.95. The first-order valence-electron chi connectivity index (χ1n) is 10.0. The lowest BCUT2D eigenvalue weighted by Gasteiger charge is -2.31. The van der Waals surface area contributed by atoms with Crippen molar-refractivity contribution in [1.82, 2.24) is 25.7 Å². The van der Waals surface area contributed by atoms with E-state index in [-0.39, 0.29) is 17.7 Å². The van der Waals surface area contributed by atoms with Crippen LogP contribution in [0.25, 0.3) is 0 Å². The molecule has 0 spiro atoms. The quantitative estimate of drug-likeness (QED) is 0.749. The molecule has 0 bridgehead atoms. The van der Waals surface area contributed by atoms with Gasteiger partial charge in [0.25, 0.3) is 5.91 Å². The minimum Gasteiger partial charge on any atom is -0.352 e. The molecule has 1 fully saturated rings. The van der Waals surface area contributed by atoms with Crippen LogP contribution in [0.2, 0.25) is 0 Å². The van der Waals surface area contributed by atoms with E-state index in [1.54, 1.807) is 0 Å². The van der Waals surface area contributed by atoms with Gasteiger partial charge in [0, 0.05) is 56.3 Å². The second-order valence-electron chi connectivity index (χ2n) is 7.73. The van der Waals surface area contributed by atoms with Gasteiger partial charge in [-0.3, -0.25) is 14.7 Å². The van der Waals surface area contributed by atoms with E-state index in [1.165, 1.54) is 5.56 Å². The van der Waals surface area contributed by atoms with E-state index in [0.717, 1.165) is 29.8 Å². The normalized spacial score (nSPS) is 17.2. The zero-order valence-electron chi connectivity index (χ0n) is 16.3. The van der Waals surface area contributed by atoms with Gasteiger partial charge in [-0.1, -0.05) is 29.8 Å². The third-order valence-electron chi connectivity index (χ3n) is 5.75. The van der Waals surface area contributed by atoms with Crippen molar-refractivity contribution in [2.24, 2.45) is 5.92 Å². The number of fused-ring (bicyclic) bond motifs is 1. The molecule has 3 heterocycles. The van der Waals surface area contributed by atoms with Gasteiger partial charge in [-0.2, -0.15) is 5.10 Å². The molecule has 0 saturated carbocycles. The number of carbonyl (C=O) groups is 2. The van der Waals surface area contributed by atoms with Crippen molar-refractivity contribution in [3.8, 4) is 0 Å². The number of aryl methyl sites for hydroxylation is 1. The van der Waals surface area contributed by atoms with Crippen LogP contribution in [-0.2, 0) is 24.3 Å². The number of hydrogen-bond donors (Lipinski definition) is 3. The van der Waals surface area contributed by atoms with E-state index in [9.17, 15) is 9.59 Å². The fourth-order valence-corrected chi connectivity index (χ4v) is 3.94. The first-order chi connectivity index (χ1) is 13.6. The highest BCUT2D eigenvalue weighted by atomic mass is 16.2. The van der Waals surface area contributed by atoms with Gasteiger partial charge in [0.15, 0.2) is 5.69 Å². The largest absolute Gasteiger partial charge is 0.352 e. The minimum absolute atomic E-state index is 0.0280. The second kappa shape index (κ2) is 8.14. The summed E-state index contributed by atoms with van der Waals surface area (Å²) in [4.78, 5) is 27.2. The van der Waals surface area contributed by atoms with Gasteiger partial charge in [-0.05, 0) is 25.3 Å². The lowest BCUT2D eigenvalue weighted by molar-refractivity contribution is -0.126. The van der Waals surface area contributed by atoms with Gasteiger partial charge in [0.05, 0.1) is 0 Å². The third kappa shape index (κ3) is 3.94. The van der Waals surface area contributed by atoms with E-state index in [2.05, 4.69) is 33.0 Å². The van der Waals surface area contributed by atoms with Gasteiger partial charge >= 0.3 is 0 Å². The number of aromatic nitrogens is 2. The summed E-state index contributed by atoms with van der Waals surface area (Å²) in [7, 11) is 0. The van der Waals surface area contributed by atoms with Gasteiger partial charge in [0.2, 0.25) is 5.91 Å². The van der Waals surface area contributed by atoms with Crippen LogP contribution in [0.3, 0.4) is 0 Å². The maximum atomic E-state index is 12.9. The van der Waals surface area contributed by atoms with E-state index in [0.29, 0.717) is 44.7 Å². The zero-order chi connectivity index (χ0) is 19.5. The van der Waals surface area contributed by atoms with E-state index >= 15 is 0 Å². The zero-order valence-corrected chi connectivity index (χ0v) is 16.3. The molecule has 0 unspecified atom stereocenters. The molecule has 1 saturated heterocycles. The van der Waals surface area contributed by atoms with Gasteiger partial charge in [-0.15, -0.1) is 0 Å². The highest BCUT2D eigenvalue weighted by Gasteiger charge is 2.30. The van der Waals surface area contributed by atoms with Crippen molar-refractivity contribution in [1.29, 1.82) is 0 Å². The van der Waals surface area contributed by atoms with Gasteiger partial charge < -0.3 is 15.5 Å². The molecule has 0 aliphatic carbocycles. The standard InChI is InChI=1S/C21H27N5O2/c1-14-2-4-15(5-3-14)12-23-20(27)16-7-10-26(11-8-16)21(28)19-17-13-22-9-6-18(17)24-25-19/h2-5,16,22H,6-13H2,1H3,(H,23,27)(H,24,25). The van der Waals surface area contributed by atoms with Crippen LogP contribution in [0.1, 0.15) is 45.7 Å². The summed E-state index contributed by atoms with van der Waals surface area (Å²) >= 11 is 0. The van der Waals surface area contributed by atoms with Crippen molar-refractivity contribution in [2.45, 2.75) is 39.3 Å². The van der Waals surface area contributed by atoms with Crippen LogP contribution >= 0.6 is 0 Å². The number of carbonyl (C=O) groups excluding carboxylic acids is 2. The Labute approximate surface area is 164 Å². The number of likely N-dealkylation sites (tertiary alicyclic amines) is 1. The molecule has 7 nitrogen and oxygen atoms in total. The lowest BCUT2D eigenvalue weighted by Crippen LogP contribution is -2.43. The molecule has 28 heavy (non-hydrogen) atoms. The van der Waals surface area contributed by atoms with Crippen molar-refractivity contribution in [3.63, 3.8) is 0 Å². The minimum atomic E-state index is -0.0377. The summed E-state index contributed by atoms with van der Waals surface area (Å²) < 4.78 is 0. The summed E-state index contributed by atoms with van der Waals surface area (Å²) in [6, 6.07) is 8.18. The Balaban J connectivity index is 1.29. The van der Waals surface area contributed by atoms with Crippen LogP contribution in [0.5, 0.6) is 0 Å². The van der Waals surface area contributed by atoms with Crippen molar-refractivity contribution >= 4 is 11.8 Å². The molecule has 1 aromatic carbocycles. The highest BCUT2D eigenvalue weighted by molar-refractivity contribution is 5.94. The Morgan fingerprint density at radius 1 is 1.21 bits per heavy atom. The maximum Gasteiger partial charge on any atom is 0.274 e. The molecular formula is C21H27N5O2. The average molecular weight is 381 g/mol. The summed E-state index contributed by atoms with van der Waals surface area (Å²) in [5.74, 6) is 0.0120. The summed E-state index contributed by atoms with van der Waals surface area (Å²) in [6.45, 7) is 5.38. The molecule has 0 radical (unpaired) electrons. The Morgan fingerprint density at radius 3 is 2.71 bits per heavy atom. The summed E-state index contributed by atoms with van der Waals surface area (Å²) in [6.07, 6.45) is 2.26. The third-order valence-corrected chi connectivity index (χ3v) is 5.75. The molecule has 3 N–H and O–H groups in total. The Morgan fingerprint density at radius 2 is 1.96 bits per heavy atom. The van der Waals surface area contributed by atoms with Crippen LogP contribution in [0.4, 0.5) is 0 Å². The topological polar surface area (TPSA) is 90.1 Å². The van der Waals surface area contributed by atoms with Crippen molar-refractivity contribution < 1.29 is 9.59 Å². The molecule has 2 aliphatic rings. The number of nitrogens with one attached hydrogen (secondary N) is 3. The molecule has 2 aliphatic heterocycles. The number of aromatic amines is 1. The predicted octanol–water partition coefficient (Wildman–Crippen LogP) is 1.53. The first kappa shape index (κ1) is 18.7. The van der Waals surface area contributed by atoms with Gasteiger partial charge in [0.1, 0.15) is 0 Å². The molecule has 4 rings (SSSR count). The molecule has 1 aromatic heterocycles. The summed E-state index contributed by atoms with van der Waals surface area (Å²) in [5, 5.41) is 13.6. The van der Waals surface area contributed by atoms with Crippen LogP contribution in [0.15, 0.2) is 24.3 Å². The van der Waals surface area contributed by atoms with E-state index in [1.807, 2.05) is 24.0 Å².